The molecule has 2 N–H and O–H groups in total. The highest BCUT2D eigenvalue weighted by molar-refractivity contribution is 7.10. The van der Waals surface area contributed by atoms with E-state index in [0.717, 1.165) is 22.4 Å². The maximum atomic E-state index is 5.70. The highest BCUT2D eigenvalue weighted by Gasteiger charge is 2.10. The van der Waals surface area contributed by atoms with Gasteiger partial charge >= 0.3 is 0 Å². The minimum atomic E-state index is 0.517. The average molecular weight is 219 g/mol. The van der Waals surface area contributed by atoms with Gasteiger partial charge in [-0.3, -0.25) is 0 Å². The number of aromatic nitrogens is 2. The molecule has 0 fully saturated rings. The van der Waals surface area contributed by atoms with Gasteiger partial charge in [-0.25, -0.2) is 0 Å². The fourth-order valence-corrected chi connectivity index (χ4v) is 2.15. The van der Waals surface area contributed by atoms with Gasteiger partial charge in [-0.15, -0.1) is 21.5 Å². The van der Waals surface area contributed by atoms with Crippen LogP contribution in [0.2, 0.25) is 0 Å². The summed E-state index contributed by atoms with van der Waals surface area (Å²) in [5, 5.41) is 10.2. The summed E-state index contributed by atoms with van der Waals surface area (Å²) in [6.45, 7) is 6.09. The quantitative estimate of drug-likeness (QED) is 0.802. The SMILES string of the molecule is Cc1cc(-c2nnc(N)c(C)c2C)cs1. The van der Waals surface area contributed by atoms with Gasteiger partial charge in [0.2, 0.25) is 0 Å². The highest BCUT2D eigenvalue weighted by Crippen LogP contribution is 2.28. The van der Waals surface area contributed by atoms with Crippen molar-refractivity contribution < 1.29 is 0 Å². The third kappa shape index (κ3) is 1.72. The second kappa shape index (κ2) is 3.62. The van der Waals surface area contributed by atoms with Crippen LogP contribution in [0.15, 0.2) is 11.4 Å². The summed E-state index contributed by atoms with van der Waals surface area (Å²) >= 11 is 1.72. The van der Waals surface area contributed by atoms with Crippen molar-refractivity contribution in [2.75, 3.05) is 5.73 Å². The van der Waals surface area contributed by atoms with Crippen molar-refractivity contribution in [3.05, 3.63) is 27.5 Å². The summed E-state index contributed by atoms with van der Waals surface area (Å²) in [5.74, 6) is 0.517. The van der Waals surface area contributed by atoms with Crippen molar-refractivity contribution in [2.24, 2.45) is 0 Å². The maximum absolute atomic E-state index is 5.70. The molecule has 0 amide bonds. The molecule has 0 atom stereocenters. The van der Waals surface area contributed by atoms with Crippen LogP contribution >= 0.6 is 11.3 Å². The molecule has 2 aromatic rings. The first-order valence-corrected chi connectivity index (χ1v) is 5.62. The summed E-state index contributed by atoms with van der Waals surface area (Å²) in [6, 6.07) is 2.12. The molecule has 0 aliphatic carbocycles. The number of thiophene rings is 1. The van der Waals surface area contributed by atoms with Gasteiger partial charge in [0.05, 0.1) is 5.69 Å². The smallest absolute Gasteiger partial charge is 0.149 e. The first-order valence-electron chi connectivity index (χ1n) is 4.74. The normalized spacial score (nSPS) is 10.6. The molecule has 3 nitrogen and oxygen atoms in total. The Bertz CT molecular complexity index is 503. The van der Waals surface area contributed by atoms with Crippen molar-refractivity contribution in [1.29, 1.82) is 0 Å². The minimum absolute atomic E-state index is 0.517. The van der Waals surface area contributed by atoms with E-state index in [0.29, 0.717) is 5.82 Å². The van der Waals surface area contributed by atoms with E-state index in [9.17, 15) is 0 Å². The molecule has 0 aliphatic rings. The summed E-state index contributed by atoms with van der Waals surface area (Å²) in [4.78, 5) is 1.28. The monoisotopic (exact) mass is 219 g/mol. The Kier molecular flexibility index (Phi) is 2.44. The van der Waals surface area contributed by atoms with Crippen LogP contribution < -0.4 is 5.73 Å². The Morgan fingerprint density at radius 1 is 1.13 bits per heavy atom. The molecule has 0 saturated heterocycles. The van der Waals surface area contributed by atoms with E-state index in [1.807, 2.05) is 13.8 Å². The van der Waals surface area contributed by atoms with Crippen LogP contribution in [-0.2, 0) is 0 Å². The van der Waals surface area contributed by atoms with Gasteiger partial charge in [-0.2, -0.15) is 0 Å². The topological polar surface area (TPSA) is 51.8 Å². The number of nitrogens with two attached hydrogens (primary N) is 1. The predicted octanol–water partition coefficient (Wildman–Crippen LogP) is 2.71. The molecule has 0 aromatic carbocycles. The Morgan fingerprint density at radius 3 is 2.47 bits per heavy atom. The van der Waals surface area contributed by atoms with Crippen LogP contribution in [0.3, 0.4) is 0 Å². The first kappa shape index (κ1) is 10.1. The van der Waals surface area contributed by atoms with Crippen LogP contribution in [0.1, 0.15) is 16.0 Å². The van der Waals surface area contributed by atoms with Gasteiger partial charge in [-0.1, -0.05) is 0 Å². The fraction of sp³-hybridized carbons (Fsp3) is 0.273. The average Bonchev–Trinajstić information content (AvgIpc) is 2.61. The van der Waals surface area contributed by atoms with Crippen molar-refractivity contribution in [3.8, 4) is 11.3 Å². The van der Waals surface area contributed by atoms with E-state index >= 15 is 0 Å². The predicted molar refractivity (Wildman–Crippen MR) is 64.0 cm³/mol. The lowest BCUT2D eigenvalue weighted by molar-refractivity contribution is 1.02. The number of nitrogen functional groups attached to an aromatic ring is 1. The Balaban J connectivity index is 2.59. The molecule has 4 heteroatoms. The molecule has 0 aliphatic heterocycles. The Hall–Kier alpha value is -1.42. The highest BCUT2D eigenvalue weighted by atomic mass is 32.1. The standard InChI is InChI=1S/C11H13N3S/c1-6-4-9(5-15-6)10-7(2)8(3)11(12)14-13-10/h4-5H,1-3H3,(H2,12,14). The van der Waals surface area contributed by atoms with Gasteiger partial charge in [-0.05, 0) is 38.0 Å². The van der Waals surface area contributed by atoms with Crippen LogP contribution in [0, 0.1) is 20.8 Å². The minimum Gasteiger partial charge on any atom is -0.382 e. The molecule has 0 bridgehead atoms. The second-order valence-corrected chi connectivity index (χ2v) is 4.75. The van der Waals surface area contributed by atoms with E-state index in [4.69, 9.17) is 5.73 Å². The van der Waals surface area contributed by atoms with Gasteiger partial charge in [0.25, 0.3) is 0 Å². The van der Waals surface area contributed by atoms with E-state index in [-0.39, 0.29) is 0 Å². The Labute approximate surface area is 93.0 Å². The van der Waals surface area contributed by atoms with Crippen molar-refractivity contribution in [2.45, 2.75) is 20.8 Å². The van der Waals surface area contributed by atoms with Gasteiger partial charge < -0.3 is 5.73 Å². The summed E-state index contributed by atoms with van der Waals surface area (Å²) in [7, 11) is 0. The maximum Gasteiger partial charge on any atom is 0.149 e. The van der Waals surface area contributed by atoms with Crippen LogP contribution in [0.4, 0.5) is 5.82 Å². The molecular formula is C11H13N3S. The molecule has 2 aromatic heterocycles. The molecular weight excluding hydrogens is 206 g/mol. The van der Waals surface area contributed by atoms with Crippen LogP contribution in [0.5, 0.6) is 0 Å². The fourth-order valence-electron chi connectivity index (χ4n) is 1.47. The lowest BCUT2D eigenvalue weighted by Crippen LogP contribution is -2.01. The molecule has 2 heterocycles. The largest absolute Gasteiger partial charge is 0.382 e. The lowest BCUT2D eigenvalue weighted by atomic mass is 10.1. The molecule has 0 unspecified atom stereocenters. The van der Waals surface area contributed by atoms with Crippen molar-refractivity contribution in [1.82, 2.24) is 10.2 Å². The number of hydrogen-bond acceptors (Lipinski definition) is 4. The van der Waals surface area contributed by atoms with Gasteiger partial charge in [0, 0.05) is 15.8 Å². The van der Waals surface area contributed by atoms with E-state index in [1.165, 1.54) is 4.88 Å². The van der Waals surface area contributed by atoms with Gasteiger partial charge in [0.1, 0.15) is 5.82 Å². The van der Waals surface area contributed by atoms with E-state index < -0.39 is 0 Å². The third-order valence-electron chi connectivity index (χ3n) is 2.56. The number of hydrogen-bond donors (Lipinski definition) is 1. The molecule has 15 heavy (non-hydrogen) atoms. The van der Waals surface area contributed by atoms with Crippen LogP contribution in [0.25, 0.3) is 11.3 Å². The van der Waals surface area contributed by atoms with Crippen molar-refractivity contribution >= 4 is 17.2 Å². The zero-order valence-corrected chi connectivity index (χ0v) is 9.85. The summed E-state index contributed by atoms with van der Waals surface area (Å²) in [6.07, 6.45) is 0. The molecule has 0 saturated carbocycles. The summed E-state index contributed by atoms with van der Waals surface area (Å²) < 4.78 is 0. The van der Waals surface area contributed by atoms with Crippen LogP contribution in [-0.4, -0.2) is 10.2 Å². The third-order valence-corrected chi connectivity index (χ3v) is 3.43. The molecule has 78 valence electrons. The number of nitrogens with zero attached hydrogens (tertiary/aromatic N) is 2. The number of rotatable bonds is 1. The molecule has 0 radical (unpaired) electrons. The Morgan fingerprint density at radius 2 is 1.87 bits per heavy atom. The van der Waals surface area contributed by atoms with E-state index in [2.05, 4.69) is 28.6 Å². The molecule has 2 rings (SSSR count). The zero-order chi connectivity index (χ0) is 11.0. The number of anilines is 1. The van der Waals surface area contributed by atoms with E-state index in [1.54, 1.807) is 11.3 Å². The molecule has 0 spiro atoms. The van der Waals surface area contributed by atoms with Crippen molar-refractivity contribution in [3.63, 3.8) is 0 Å². The summed E-state index contributed by atoms with van der Waals surface area (Å²) in [5.41, 5.74) is 9.90. The van der Waals surface area contributed by atoms with Gasteiger partial charge in [0.15, 0.2) is 0 Å². The first-order chi connectivity index (χ1) is 7.09. The second-order valence-electron chi connectivity index (χ2n) is 3.63. The zero-order valence-electron chi connectivity index (χ0n) is 9.03. The lowest BCUT2D eigenvalue weighted by Gasteiger charge is -2.06. The number of aryl methyl sites for hydroxylation is 1.